The molecule has 2 heterocycles. The number of rotatable bonds is 18. The second-order valence-corrected chi connectivity index (χ2v) is 14.9. The number of carbonyl (C=O) groups is 5. The second kappa shape index (κ2) is 24.0. The second-order valence-electron chi connectivity index (χ2n) is 12.7. The zero-order valence-electron chi connectivity index (χ0n) is 32.2. The van der Waals surface area contributed by atoms with Crippen LogP contribution in [0.3, 0.4) is 0 Å². The van der Waals surface area contributed by atoms with Crippen LogP contribution in [-0.4, -0.2) is 129 Å². The van der Waals surface area contributed by atoms with Gasteiger partial charge in [-0.05, 0) is 81.2 Å². The average Bonchev–Trinajstić information content (AvgIpc) is 3.70. The third-order valence-corrected chi connectivity index (χ3v) is 9.82. The number of nitro groups is 1. The van der Waals surface area contributed by atoms with Gasteiger partial charge in [-0.15, -0.1) is 0 Å². The Kier molecular flexibility index (Phi) is 20.3. The van der Waals surface area contributed by atoms with Crippen molar-refractivity contribution in [3.8, 4) is 5.75 Å². The number of carbonyl (C=O) groups excluding carboxylic acids is 2. The predicted octanol–water partition coefficient (Wildman–Crippen LogP) is 3.42. The zero-order chi connectivity index (χ0) is 44.4. The van der Waals surface area contributed by atoms with Gasteiger partial charge >= 0.3 is 100.0 Å². The fourth-order valence-corrected chi connectivity index (χ4v) is 6.30. The van der Waals surface area contributed by atoms with Crippen LogP contribution in [0.2, 0.25) is 5.02 Å². The summed E-state index contributed by atoms with van der Waals surface area (Å²) in [7, 11) is 5.53. The first-order valence-electron chi connectivity index (χ1n) is 17.1. The molecule has 22 heteroatoms. The van der Waals surface area contributed by atoms with Gasteiger partial charge in [0.15, 0.2) is 5.82 Å². The number of methoxy groups -OCH3 is 1. The molecule has 0 saturated carbocycles. The van der Waals surface area contributed by atoms with Gasteiger partial charge in [-0.3, -0.25) is 24.3 Å². The summed E-state index contributed by atoms with van der Waals surface area (Å²) in [6, 6.07) is 15.8. The van der Waals surface area contributed by atoms with Gasteiger partial charge in [0.25, 0.3) is 12.1 Å². The number of nitrogens with two attached hydrogens (primary N) is 1. The molecule has 1 atom stereocenters. The van der Waals surface area contributed by atoms with Crippen LogP contribution in [0, 0.1) is 17.0 Å². The molecule has 318 valence electrons. The molecule has 0 saturated heterocycles. The number of thioether (sulfide) groups is 1. The van der Waals surface area contributed by atoms with Crippen molar-refractivity contribution in [3.63, 3.8) is 0 Å². The number of hydrogen-bond acceptors (Lipinski definition) is 15. The molecule has 19 nitrogen and oxygen atoms in total. The van der Waals surface area contributed by atoms with E-state index in [4.69, 9.17) is 36.7 Å². The molecular weight excluding hydrogens is 1010 g/mol. The minimum absolute atomic E-state index is 0.0712. The normalized spacial score (nSPS) is 12.0. The fourth-order valence-electron chi connectivity index (χ4n) is 5.18. The van der Waals surface area contributed by atoms with E-state index in [1.54, 1.807) is 68.3 Å². The van der Waals surface area contributed by atoms with E-state index >= 15 is 0 Å². The molecule has 2 aromatic heterocycles. The number of ether oxygens (including phenoxy) is 1. The van der Waals surface area contributed by atoms with Crippen molar-refractivity contribution in [3.05, 3.63) is 110 Å². The molecule has 0 spiro atoms. The summed E-state index contributed by atoms with van der Waals surface area (Å²) in [6.07, 6.45) is -1.33. The van der Waals surface area contributed by atoms with Gasteiger partial charge in [-0.2, -0.15) is 11.8 Å². The van der Waals surface area contributed by atoms with Gasteiger partial charge in [0, 0.05) is 34.0 Å². The fraction of sp³-hybridized carbons (Fsp3) is 0.324. The molecule has 59 heavy (non-hydrogen) atoms. The summed E-state index contributed by atoms with van der Waals surface area (Å²) in [6.45, 7) is 3.11. The van der Waals surface area contributed by atoms with E-state index in [2.05, 4.69) is 8.13 Å². The molecule has 0 bridgehead atoms. The topological polar surface area (TPSA) is 287 Å². The summed E-state index contributed by atoms with van der Waals surface area (Å²) in [5, 5.41) is 49.5. The number of aliphatic hydroxyl groups is 1. The number of halogens is 1. The van der Waals surface area contributed by atoms with Crippen molar-refractivity contribution >= 4 is 89.2 Å². The SMILES string of the molecule is CN(C)Cc1ccc(CSCCN/C(N)=C/[N+](=O)[O-])o1.COc1ccc2c(c1)c(CC(=O)O)c(C)n2C(=O)c1ccc(Cl)cc1.O=C(O)CC(O)(CC(=O)[O][Bi])C(=O)O. The number of aliphatic carboxylic acids is 3. The van der Waals surface area contributed by atoms with E-state index in [0.29, 0.717) is 45.0 Å². The minimum atomic E-state index is -2.59. The third-order valence-electron chi connectivity index (χ3n) is 7.80. The molecule has 0 aliphatic carbocycles. The number of aromatic nitrogens is 1. The molecule has 2 aromatic carbocycles. The maximum absolute atomic E-state index is 13.0. The van der Waals surface area contributed by atoms with Crippen LogP contribution in [0.25, 0.3) is 10.9 Å². The van der Waals surface area contributed by atoms with Crippen LogP contribution in [0.15, 0.2) is 71.0 Å². The summed E-state index contributed by atoms with van der Waals surface area (Å²) in [5.74, 6) is -1.28. The van der Waals surface area contributed by atoms with Gasteiger partial charge in [-0.1, -0.05) is 11.6 Å². The summed E-state index contributed by atoms with van der Waals surface area (Å²) in [5.41, 5.74) is 5.12. The standard InChI is InChI=1S/C19H16ClNO4.C12H20N4O3S.C6H8O7.Bi/c1-11-15(10-18(22)23)16-9-14(25-2)7-8-17(16)21(11)19(24)12-3-5-13(20)6-4-12;1-15(2)7-10-3-4-11(19-10)9-20-6-5-14-12(13)8-16(17)18;7-3(8)1-6(13,5(11)12)2-4(9)10;/h3-9H,10H2,1-2H3,(H,22,23);3-4,8,14H,5-7,9,13H2,1-2H3;13H,1-2H2,(H,7,8)(H,9,10)(H,11,12);/q;;;+1/p-1/b;12-8+;;. The van der Waals surface area contributed by atoms with Gasteiger partial charge in [0.2, 0.25) is 0 Å². The Morgan fingerprint density at radius 2 is 1.69 bits per heavy atom. The van der Waals surface area contributed by atoms with Crippen LogP contribution in [-0.2, 0) is 40.7 Å². The number of nitrogens with one attached hydrogen (secondary N) is 1. The van der Waals surface area contributed by atoms with Gasteiger partial charge in [0.1, 0.15) is 17.3 Å². The number of fused-ring (bicyclic) bond motifs is 1. The van der Waals surface area contributed by atoms with Crippen LogP contribution < -0.4 is 15.8 Å². The Hall–Kier alpha value is -5.21. The Morgan fingerprint density at radius 1 is 1.05 bits per heavy atom. The quantitative estimate of drug-likeness (QED) is 0.0360. The van der Waals surface area contributed by atoms with Crippen LogP contribution in [0.1, 0.15) is 46.0 Å². The summed E-state index contributed by atoms with van der Waals surface area (Å²) >= 11 is 7.81. The Morgan fingerprint density at radius 3 is 2.24 bits per heavy atom. The monoisotopic (exact) mass is 1060 g/mol. The Balaban J connectivity index is 0.000000319. The zero-order valence-corrected chi connectivity index (χ0v) is 37.3. The van der Waals surface area contributed by atoms with E-state index < -0.39 is 47.2 Å². The number of benzene rings is 2. The third kappa shape index (κ3) is 16.5. The number of nitrogens with zero attached hydrogens (tertiary/aromatic N) is 3. The van der Waals surface area contributed by atoms with Crippen LogP contribution in [0.4, 0.5) is 0 Å². The number of carboxylic acids is 3. The Bertz CT molecular complexity index is 2140. The van der Waals surface area contributed by atoms with Gasteiger partial charge in [0.05, 0.1) is 36.3 Å². The predicted molar refractivity (Wildman–Crippen MR) is 217 cm³/mol. The Labute approximate surface area is 362 Å². The average molecular weight is 1060 g/mol. The van der Waals surface area contributed by atoms with E-state index in [0.717, 1.165) is 35.8 Å². The first-order valence-corrected chi connectivity index (χ1v) is 20.0. The van der Waals surface area contributed by atoms with Gasteiger partial charge < -0.3 is 30.2 Å². The number of furan rings is 1. The van der Waals surface area contributed by atoms with Crippen LogP contribution >= 0.6 is 23.4 Å². The molecule has 0 amide bonds. The van der Waals surface area contributed by atoms with E-state index in [-0.39, 0.29) is 43.3 Å². The van der Waals surface area contributed by atoms with E-state index in [1.165, 1.54) is 4.57 Å². The molecule has 2 radical (unpaired) electrons. The van der Waals surface area contributed by atoms with E-state index in [9.17, 15) is 44.3 Å². The molecule has 1 unspecified atom stereocenters. The van der Waals surface area contributed by atoms with Crippen LogP contribution in [0.5, 0.6) is 5.75 Å². The molecule has 4 aromatic rings. The van der Waals surface area contributed by atoms with Gasteiger partial charge in [-0.25, -0.2) is 0 Å². The molecule has 4 rings (SSSR count). The van der Waals surface area contributed by atoms with Crippen molar-refractivity contribution < 1.29 is 61.3 Å². The number of hydrogen-bond donors (Lipinski definition) is 6. The van der Waals surface area contributed by atoms with Crippen molar-refractivity contribution in [1.29, 1.82) is 0 Å². The summed E-state index contributed by atoms with van der Waals surface area (Å²) in [4.78, 5) is 67.3. The molecule has 0 fully saturated rings. The van der Waals surface area contributed by atoms with Crippen molar-refractivity contribution in [2.45, 2.75) is 44.1 Å². The van der Waals surface area contributed by atoms with Crippen molar-refractivity contribution in [2.24, 2.45) is 5.73 Å². The number of carboxylic acid groups (broad SMARTS) is 3. The molecule has 0 aliphatic heterocycles. The molecule has 7 N–H and O–H groups in total. The molecule has 0 aliphatic rings. The van der Waals surface area contributed by atoms with Crippen molar-refractivity contribution in [1.82, 2.24) is 14.8 Å². The first-order chi connectivity index (χ1) is 27.7. The first kappa shape index (κ1) is 49.9. The maximum atomic E-state index is 13.0. The van der Waals surface area contributed by atoms with E-state index in [1.807, 2.05) is 31.1 Å². The summed E-state index contributed by atoms with van der Waals surface area (Å²) < 4.78 is 16.7. The van der Waals surface area contributed by atoms with Crippen molar-refractivity contribution in [2.75, 3.05) is 33.5 Å². The molecular formula is C37H43BiClN5O14S.